The van der Waals surface area contributed by atoms with Crippen LogP contribution >= 0.6 is 47.8 Å². The molecule has 1 nitrogen and oxygen atoms in total. The number of Topliss-reactive ketones (excluding diaryl/α,β-unsaturated/α-hetero) is 1. The second kappa shape index (κ2) is 3.15. The van der Waals surface area contributed by atoms with E-state index in [4.69, 9.17) is 0 Å². The van der Waals surface area contributed by atoms with Gasteiger partial charge in [-0.15, -0.1) is 0 Å². The lowest BCUT2D eigenvalue weighted by Crippen LogP contribution is -2.15. The minimum Gasteiger partial charge on any atom is -0.288 e. The third kappa shape index (κ3) is 2.26. The summed E-state index contributed by atoms with van der Waals surface area (Å²) in [5.74, 6) is 0.0412. The van der Waals surface area contributed by atoms with Crippen LogP contribution in [0.15, 0.2) is 22.2 Å². The summed E-state index contributed by atoms with van der Waals surface area (Å²) in [6.07, 6.45) is 3.59. The normalized spacial score (nSPS) is 22.7. The summed E-state index contributed by atoms with van der Waals surface area (Å²) in [5.41, 5.74) is 0.730. The van der Waals surface area contributed by atoms with Crippen LogP contribution in [0, 0.1) is 0 Å². The SMILES string of the molecule is CC1=CC(Br)(Br)C=C(Br)C1=O. The van der Waals surface area contributed by atoms with E-state index < -0.39 is 0 Å². The second-order valence-corrected chi connectivity index (χ2v) is 6.87. The lowest BCUT2D eigenvalue weighted by Gasteiger charge is -2.17. The molecule has 1 rings (SSSR count). The molecule has 0 spiro atoms. The van der Waals surface area contributed by atoms with E-state index in [0.29, 0.717) is 4.48 Å². The quantitative estimate of drug-likeness (QED) is 0.616. The number of hydrogen-bond acceptors (Lipinski definition) is 1. The standard InChI is InChI=1S/C7H5Br3O/c1-4-2-7(9,10)3-5(8)6(4)11/h2-3H,1H3. The first-order valence-corrected chi connectivity index (χ1v) is 5.30. The van der Waals surface area contributed by atoms with Crippen molar-refractivity contribution in [3.8, 4) is 0 Å². The molecule has 0 N–H and O–H groups in total. The van der Waals surface area contributed by atoms with E-state index in [-0.39, 0.29) is 9.02 Å². The lowest BCUT2D eigenvalue weighted by molar-refractivity contribution is -0.111. The Balaban J connectivity index is 3.08. The molecule has 1 aliphatic carbocycles. The molecule has 0 unspecified atom stereocenters. The molecule has 0 aromatic carbocycles. The third-order valence-electron chi connectivity index (χ3n) is 1.30. The van der Waals surface area contributed by atoms with E-state index in [9.17, 15) is 4.79 Å². The van der Waals surface area contributed by atoms with Crippen molar-refractivity contribution < 1.29 is 4.79 Å². The van der Waals surface area contributed by atoms with Crippen molar-refractivity contribution >= 4 is 53.6 Å². The molecular formula is C7H5Br3O. The van der Waals surface area contributed by atoms with Gasteiger partial charge in [0.1, 0.15) is 3.23 Å². The van der Waals surface area contributed by atoms with Gasteiger partial charge in [-0.3, -0.25) is 4.79 Å². The maximum absolute atomic E-state index is 11.2. The van der Waals surface area contributed by atoms with Gasteiger partial charge in [0.15, 0.2) is 5.78 Å². The second-order valence-electron chi connectivity index (χ2n) is 2.32. The fraction of sp³-hybridized carbons (Fsp3) is 0.286. The van der Waals surface area contributed by atoms with Crippen molar-refractivity contribution in [3.63, 3.8) is 0 Å². The van der Waals surface area contributed by atoms with Crippen LogP contribution in [0.4, 0.5) is 0 Å². The fourth-order valence-corrected chi connectivity index (χ4v) is 3.25. The third-order valence-corrected chi connectivity index (χ3v) is 2.81. The van der Waals surface area contributed by atoms with E-state index in [1.54, 1.807) is 13.0 Å². The smallest absolute Gasteiger partial charge is 0.195 e. The largest absolute Gasteiger partial charge is 0.288 e. The first-order valence-electron chi connectivity index (χ1n) is 2.93. The van der Waals surface area contributed by atoms with Gasteiger partial charge >= 0.3 is 0 Å². The molecular weight excluding hydrogens is 340 g/mol. The number of carbonyl (C=O) groups is 1. The molecule has 60 valence electrons. The number of carbonyl (C=O) groups excluding carboxylic acids is 1. The average molecular weight is 345 g/mol. The highest BCUT2D eigenvalue weighted by molar-refractivity contribution is 9.25. The molecule has 0 fully saturated rings. The molecule has 0 bridgehead atoms. The highest BCUT2D eigenvalue weighted by atomic mass is 79.9. The van der Waals surface area contributed by atoms with Crippen LogP contribution < -0.4 is 0 Å². The average Bonchev–Trinajstić information content (AvgIpc) is 1.81. The zero-order valence-corrected chi connectivity index (χ0v) is 10.5. The summed E-state index contributed by atoms with van der Waals surface area (Å²) in [7, 11) is 0. The zero-order valence-electron chi connectivity index (χ0n) is 5.70. The van der Waals surface area contributed by atoms with Gasteiger partial charge < -0.3 is 0 Å². The van der Waals surface area contributed by atoms with E-state index in [0.717, 1.165) is 5.57 Å². The maximum atomic E-state index is 11.2. The molecule has 0 saturated heterocycles. The Kier molecular flexibility index (Phi) is 2.77. The highest BCUT2D eigenvalue weighted by Crippen LogP contribution is 2.37. The van der Waals surface area contributed by atoms with Gasteiger partial charge in [-0.1, -0.05) is 31.9 Å². The van der Waals surface area contributed by atoms with Gasteiger partial charge in [-0.2, -0.15) is 0 Å². The summed E-state index contributed by atoms with van der Waals surface area (Å²) in [5, 5.41) is 0. The monoisotopic (exact) mass is 342 g/mol. The summed E-state index contributed by atoms with van der Waals surface area (Å²) in [4.78, 5) is 11.2. The van der Waals surface area contributed by atoms with Crippen LogP contribution in [0.25, 0.3) is 0 Å². The number of ketones is 1. The van der Waals surface area contributed by atoms with Crippen LogP contribution in [0.3, 0.4) is 0 Å². The Bertz CT molecular complexity index is 239. The Morgan fingerprint density at radius 1 is 1.36 bits per heavy atom. The predicted molar refractivity (Wildman–Crippen MR) is 56.4 cm³/mol. The zero-order chi connectivity index (χ0) is 8.65. The Hall–Kier alpha value is 0.590. The molecule has 0 heterocycles. The fourth-order valence-electron chi connectivity index (χ4n) is 0.819. The summed E-state index contributed by atoms with van der Waals surface area (Å²) in [6.45, 7) is 1.79. The maximum Gasteiger partial charge on any atom is 0.195 e. The van der Waals surface area contributed by atoms with Crippen LogP contribution in [-0.4, -0.2) is 9.02 Å². The van der Waals surface area contributed by atoms with Crippen molar-refractivity contribution in [1.29, 1.82) is 0 Å². The topological polar surface area (TPSA) is 17.1 Å². The van der Waals surface area contributed by atoms with E-state index >= 15 is 0 Å². The minimum absolute atomic E-state index is 0.0412. The van der Waals surface area contributed by atoms with Crippen LogP contribution in [-0.2, 0) is 4.79 Å². The molecule has 0 aromatic rings. The number of alkyl halides is 2. The summed E-state index contributed by atoms with van der Waals surface area (Å²) in [6, 6.07) is 0. The van der Waals surface area contributed by atoms with Gasteiger partial charge in [0, 0.05) is 0 Å². The summed E-state index contributed by atoms with van der Waals surface area (Å²) < 4.78 is 0.225. The highest BCUT2D eigenvalue weighted by Gasteiger charge is 2.25. The number of rotatable bonds is 0. The number of allylic oxidation sites excluding steroid dienone is 4. The molecule has 4 heteroatoms. The molecule has 0 amide bonds. The molecule has 0 aliphatic heterocycles. The van der Waals surface area contributed by atoms with Gasteiger partial charge in [0.25, 0.3) is 0 Å². The Labute approximate surface area is 90.3 Å². The van der Waals surface area contributed by atoms with Crippen LogP contribution in [0.5, 0.6) is 0 Å². The van der Waals surface area contributed by atoms with Crippen molar-refractivity contribution in [3.05, 3.63) is 22.2 Å². The molecule has 0 saturated carbocycles. The lowest BCUT2D eigenvalue weighted by atomic mass is 10.1. The molecule has 0 aromatic heterocycles. The number of halogens is 3. The minimum atomic E-state index is -0.364. The Morgan fingerprint density at radius 2 is 1.91 bits per heavy atom. The van der Waals surface area contributed by atoms with Crippen molar-refractivity contribution in [2.75, 3.05) is 0 Å². The molecule has 1 aliphatic rings. The van der Waals surface area contributed by atoms with Gasteiger partial charge in [0.05, 0.1) is 4.48 Å². The van der Waals surface area contributed by atoms with Crippen LogP contribution in [0.1, 0.15) is 6.92 Å². The van der Waals surface area contributed by atoms with E-state index in [1.165, 1.54) is 0 Å². The predicted octanol–water partition coefficient (Wildman–Crippen LogP) is 3.28. The van der Waals surface area contributed by atoms with Gasteiger partial charge in [-0.25, -0.2) is 0 Å². The first kappa shape index (κ1) is 9.68. The van der Waals surface area contributed by atoms with Crippen LogP contribution in [0.2, 0.25) is 0 Å². The van der Waals surface area contributed by atoms with Crippen molar-refractivity contribution in [2.24, 2.45) is 0 Å². The molecule has 0 atom stereocenters. The van der Waals surface area contributed by atoms with E-state index in [2.05, 4.69) is 47.8 Å². The number of hydrogen-bond donors (Lipinski definition) is 0. The van der Waals surface area contributed by atoms with Gasteiger partial charge in [0.2, 0.25) is 0 Å². The molecule has 11 heavy (non-hydrogen) atoms. The molecule has 0 radical (unpaired) electrons. The van der Waals surface area contributed by atoms with Gasteiger partial charge in [-0.05, 0) is 40.6 Å². The summed E-state index contributed by atoms with van der Waals surface area (Å²) >= 11 is 9.95. The Morgan fingerprint density at radius 3 is 2.36 bits per heavy atom. The van der Waals surface area contributed by atoms with E-state index in [1.807, 2.05) is 6.08 Å². The van der Waals surface area contributed by atoms with Crippen molar-refractivity contribution in [2.45, 2.75) is 10.2 Å². The first-order chi connectivity index (χ1) is 4.92. The van der Waals surface area contributed by atoms with Crippen molar-refractivity contribution in [1.82, 2.24) is 0 Å².